The monoisotopic (exact) mass is 637 g/mol. The van der Waals surface area contributed by atoms with Gasteiger partial charge in [-0.05, 0) is 12.8 Å². The minimum atomic E-state index is -2.32. The average Bonchev–Trinajstić information content (AvgIpc) is 3.03. The van der Waals surface area contributed by atoms with Gasteiger partial charge >= 0.3 is 17.6 Å². The van der Waals surface area contributed by atoms with E-state index >= 15 is 0 Å². The molecule has 0 heterocycles. The van der Waals surface area contributed by atoms with Gasteiger partial charge < -0.3 is 26.6 Å². The fraction of sp³-hybridized carbons (Fsp3) is 1.00. The molecule has 0 aromatic carbocycles. The molecular weight excluding hydrogens is 561 g/mol. The molecule has 0 N–H and O–H groups in total. The predicted molar refractivity (Wildman–Crippen MR) is 185 cm³/mol. The van der Waals surface area contributed by atoms with Crippen LogP contribution in [-0.4, -0.2) is 60.3 Å². The van der Waals surface area contributed by atoms with Crippen molar-refractivity contribution < 1.29 is 26.6 Å². The van der Waals surface area contributed by atoms with Crippen LogP contribution in [-0.2, 0) is 26.6 Å². The Morgan fingerprint density at radius 3 is 0.595 bits per heavy atom. The number of hydrogen-bond donors (Lipinski definition) is 0. The smallest absolute Gasteiger partial charge is 0.377 e. The van der Waals surface area contributed by atoms with Crippen LogP contribution in [0.5, 0.6) is 0 Å². The molecule has 0 rings (SSSR count). The molecule has 0 radical (unpaired) electrons. The molecule has 0 fully saturated rings. The number of rotatable bonds is 32. The van der Waals surface area contributed by atoms with Crippen molar-refractivity contribution in [2.75, 3.05) is 42.7 Å². The first-order valence-corrected chi connectivity index (χ1v) is 21.7. The Bertz CT molecular complexity index is 488. The van der Waals surface area contributed by atoms with Gasteiger partial charge in [0, 0.05) is 54.7 Å². The van der Waals surface area contributed by atoms with E-state index in [0.29, 0.717) is 0 Å². The van der Waals surface area contributed by atoms with Gasteiger partial charge in [-0.25, -0.2) is 0 Å². The Morgan fingerprint density at radius 1 is 0.262 bits per heavy atom. The third kappa shape index (κ3) is 26.6. The van der Waals surface area contributed by atoms with Crippen molar-refractivity contribution >= 4 is 17.6 Å². The molecular formula is C34H76O6Si2. The van der Waals surface area contributed by atoms with Gasteiger partial charge in [0.15, 0.2) is 0 Å². The van der Waals surface area contributed by atoms with Crippen LogP contribution in [0.25, 0.3) is 0 Å². The molecule has 0 aliphatic carbocycles. The molecule has 6 nitrogen and oxygen atoms in total. The van der Waals surface area contributed by atoms with Crippen LogP contribution < -0.4 is 0 Å². The maximum Gasteiger partial charge on any atom is 0.500 e. The molecule has 8 heteroatoms. The van der Waals surface area contributed by atoms with E-state index in [1.165, 1.54) is 141 Å². The molecule has 0 aromatic rings. The Labute approximate surface area is 266 Å². The summed E-state index contributed by atoms with van der Waals surface area (Å²) in [4.78, 5) is 0. The topological polar surface area (TPSA) is 55.4 Å². The molecule has 0 aromatic heterocycles. The van der Waals surface area contributed by atoms with Crippen molar-refractivity contribution in [1.29, 1.82) is 0 Å². The van der Waals surface area contributed by atoms with Crippen LogP contribution >= 0.6 is 0 Å². The zero-order valence-corrected chi connectivity index (χ0v) is 31.8. The van der Waals surface area contributed by atoms with E-state index in [1.807, 2.05) is 0 Å². The molecule has 0 unspecified atom stereocenters. The normalized spacial score (nSPS) is 12.0. The lowest BCUT2D eigenvalue weighted by molar-refractivity contribution is 0.122. The largest absolute Gasteiger partial charge is 0.500 e. The van der Waals surface area contributed by atoms with Gasteiger partial charge in [-0.3, -0.25) is 0 Å². The fourth-order valence-electron chi connectivity index (χ4n) is 5.48. The summed E-state index contributed by atoms with van der Waals surface area (Å²) in [6.07, 6.45) is 32.9. The van der Waals surface area contributed by atoms with E-state index in [-0.39, 0.29) is 0 Å². The van der Waals surface area contributed by atoms with Gasteiger partial charge in [-0.2, -0.15) is 0 Å². The summed E-state index contributed by atoms with van der Waals surface area (Å²) < 4.78 is 32.6. The van der Waals surface area contributed by atoms with E-state index in [1.54, 1.807) is 42.7 Å². The quantitative estimate of drug-likeness (QED) is 0.0541. The zero-order chi connectivity index (χ0) is 31.6. The lowest BCUT2D eigenvalue weighted by Gasteiger charge is -2.24. The van der Waals surface area contributed by atoms with Gasteiger partial charge in [0.2, 0.25) is 0 Å². The maximum absolute atomic E-state index is 5.44. The first-order valence-electron chi connectivity index (χ1n) is 17.8. The van der Waals surface area contributed by atoms with E-state index < -0.39 is 17.6 Å². The molecule has 0 spiro atoms. The highest BCUT2D eigenvalue weighted by Crippen LogP contribution is 2.20. The van der Waals surface area contributed by atoms with Crippen molar-refractivity contribution in [3.63, 3.8) is 0 Å². The molecule has 0 saturated carbocycles. The first kappa shape index (κ1) is 44.3. The van der Waals surface area contributed by atoms with Crippen molar-refractivity contribution in [1.82, 2.24) is 0 Å². The lowest BCUT2D eigenvalue weighted by atomic mass is 10.0. The lowest BCUT2D eigenvalue weighted by Crippen LogP contribution is -2.42. The highest BCUT2D eigenvalue weighted by atomic mass is 28.4. The Hall–Kier alpha value is 0.194. The van der Waals surface area contributed by atoms with Crippen molar-refractivity contribution in [2.24, 2.45) is 0 Å². The molecule has 42 heavy (non-hydrogen) atoms. The number of hydrogen-bond acceptors (Lipinski definition) is 6. The highest BCUT2D eigenvalue weighted by Gasteiger charge is 2.37. The molecule has 0 aliphatic heterocycles. The first-order chi connectivity index (χ1) is 20.5. The Morgan fingerprint density at radius 2 is 0.429 bits per heavy atom. The van der Waals surface area contributed by atoms with E-state index in [4.69, 9.17) is 26.6 Å². The van der Waals surface area contributed by atoms with Crippen LogP contribution in [0, 0.1) is 0 Å². The van der Waals surface area contributed by atoms with Crippen molar-refractivity contribution in [3.05, 3.63) is 0 Å². The van der Waals surface area contributed by atoms with E-state index in [9.17, 15) is 0 Å². The summed E-state index contributed by atoms with van der Waals surface area (Å²) in [6.45, 7) is 4.55. The summed E-state index contributed by atoms with van der Waals surface area (Å²) in [5, 5.41) is 0. The highest BCUT2D eigenvalue weighted by molar-refractivity contribution is 6.60. The summed E-state index contributed by atoms with van der Waals surface area (Å²) in [6, 6.07) is 1.88. The minimum absolute atomic E-state index is 0.938. The third-order valence-electron chi connectivity index (χ3n) is 8.54. The van der Waals surface area contributed by atoms with Crippen LogP contribution in [0.15, 0.2) is 0 Å². The van der Waals surface area contributed by atoms with E-state index in [0.717, 1.165) is 24.9 Å². The van der Waals surface area contributed by atoms with Gasteiger partial charge in [0.1, 0.15) is 0 Å². The van der Waals surface area contributed by atoms with Crippen LogP contribution in [0.2, 0.25) is 12.1 Å². The Kier molecular flexibility index (Phi) is 36.0. The second-order valence-electron chi connectivity index (χ2n) is 11.9. The minimum Gasteiger partial charge on any atom is -0.377 e. The fourth-order valence-corrected chi connectivity index (χ4v) is 9.07. The molecule has 0 amide bonds. The third-order valence-corrected chi connectivity index (χ3v) is 14.2. The summed E-state index contributed by atoms with van der Waals surface area (Å²) >= 11 is 0. The molecule has 0 aliphatic rings. The maximum atomic E-state index is 5.44. The van der Waals surface area contributed by atoms with Gasteiger partial charge in [-0.1, -0.05) is 155 Å². The molecule has 0 atom stereocenters. The second kappa shape index (κ2) is 34.1. The van der Waals surface area contributed by atoms with Crippen LogP contribution in [0.1, 0.15) is 168 Å². The second-order valence-corrected chi connectivity index (χ2v) is 18.1. The van der Waals surface area contributed by atoms with Crippen molar-refractivity contribution in [2.45, 2.75) is 180 Å². The predicted octanol–water partition coefficient (Wildman–Crippen LogP) is 11.1. The summed E-state index contributed by atoms with van der Waals surface area (Å²) in [5.41, 5.74) is 0. The molecule has 0 bridgehead atoms. The van der Waals surface area contributed by atoms with Crippen molar-refractivity contribution in [3.8, 4) is 0 Å². The van der Waals surface area contributed by atoms with Gasteiger partial charge in [-0.15, -0.1) is 0 Å². The standard InChI is InChI=1S/C19H42O3Si.C15H34O3Si/c1-5-6-7-8-9-10-11-12-13-14-15-16-17-18-19-23(20-2,21-3)22-4;1-5-6-7-8-9-10-11-12-13-14-15-19(16-2,17-3)18-4/h5-19H2,1-4H3;5-15H2,1-4H3. The Balaban J connectivity index is 0. The van der Waals surface area contributed by atoms with Crippen LogP contribution in [0.4, 0.5) is 0 Å². The van der Waals surface area contributed by atoms with Gasteiger partial charge in [0.25, 0.3) is 0 Å². The summed E-state index contributed by atoms with van der Waals surface area (Å²) in [7, 11) is 5.53. The molecule has 0 saturated heterocycles. The van der Waals surface area contributed by atoms with Crippen LogP contribution in [0.3, 0.4) is 0 Å². The van der Waals surface area contributed by atoms with E-state index in [2.05, 4.69) is 13.8 Å². The SMILES string of the molecule is CCCCCCCCCCCCCCCC[Si](OC)(OC)OC.CCCCCCCCCCCC[Si](OC)(OC)OC. The zero-order valence-electron chi connectivity index (χ0n) is 29.8. The van der Waals surface area contributed by atoms with Gasteiger partial charge in [0.05, 0.1) is 0 Å². The summed E-state index contributed by atoms with van der Waals surface area (Å²) in [5.74, 6) is 0. The average molecular weight is 637 g/mol. The number of unbranched alkanes of at least 4 members (excludes halogenated alkanes) is 22. The molecule has 256 valence electrons.